The summed E-state index contributed by atoms with van der Waals surface area (Å²) >= 11 is 0. The number of rotatable bonds is 3. The fourth-order valence-corrected chi connectivity index (χ4v) is 5.74. The number of anilines is 1. The standard InChI is InChI=1S/C21H24N2O3S/c1-16-6-4-5-14-23(16)27(25,26)19-11-9-18(10-12-19)21(24)22-15-13-17-7-2-3-8-20(17)22/h2-3,7-12,16H,4-6,13-15H2,1H3. The van der Waals surface area contributed by atoms with E-state index < -0.39 is 10.0 Å². The molecular weight excluding hydrogens is 360 g/mol. The Labute approximate surface area is 160 Å². The van der Waals surface area contributed by atoms with Crippen LogP contribution in [0.4, 0.5) is 5.69 Å². The third kappa shape index (κ3) is 3.28. The van der Waals surface area contributed by atoms with Crippen molar-refractivity contribution in [2.24, 2.45) is 0 Å². The Morgan fingerprint density at radius 3 is 2.48 bits per heavy atom. The normalized spacial score (nSPS) is 20.5. The second-order valence-electron chi connectivity index (χ2n) is 7.32. The van der Waals surface area contributed by atoms with E-state index in [2.05, 4.69) is 0 Å². The van der Waals surface area contributed by atoms with Gasteiger partial charge in [-0.05, 0) is 62.1 Å². The van der Waals surface area contributed by atoms with Gasteiger partial charge in [0.1, 0.15) is 0 Å². The predicted molar refractivity (Wildman–Crippen MR) is 105 cm³/mol. The minimum absolute atomic E-state index is 0.0196. The molecule has 2 aliphatic heterocycles. The first-order valence-corrected chi connectivity index (χ1v) is 10.9. The van der Waals surface area contributed by atoms with Crippen molar-refractivity contribution in [3.8, 4) is 0 Å². The number of piperidine rings is 1. The third-order valence-electron chi connectivity index (χ3n) is 5.58. The summed E-state index contributed by atoms with van der Waals surface area (Å²) in [4.78, 5) is 14.9. The van der Waals surface area contributed by atoms with E-state index in [4.69, 9.17) is 0 Å². The van der Waals surface area contributed by atoms with Crippen molar-refractivity contribution in [3.63, 3.8) is 0 Å². The van der Waals surface area contributed by atoms with Gasteiger partial charge in [-0.25, -0.2) is 8.42 Å². The van der Waals surface area contributed by atoms with Gasteiger partial charge in [-0.15, -0.1) is 0 Å². The fraction of sp³-hybridized carbons (Fsp3) is 0.381. The Morgan fingerprint density at radius 2 is 1.74 bits per heavy atom. The van der Waals surface area contributed by atoms with Crippen LogP contribution in [0.1, 0.15) is 42.1 Å². The van der Waals surface area contributed by atoms with Crippen LogP contribution in [0, 0.1) is 0 Å². The van der Waals surface area contributed by atoms with Crippen LogP contribution >= 0.6 is 0 Å². The molecule has 5 nitrogen and oxygen atoms in total. The quantitative estimate of drug-likeness (QED) is 0.814. The number of fused-ring (bicyclic) bond motifs is 1. The molecule has 1 fully saturated rings. The molecule has 2 aromatic rings. The van der Waals surface area contributed by atoms with Crippen LogP contribution in [-0.2, 0) is 16.4 Å². The van der Waals surface area contributed by atoms with E-state index in [0.717, 1.165) is 31.4 Å². The molecule has 2 heterocycles. The first-order valence-electron chi connectivity index (χ1n) is 9.50. The molecule has 1 unspecified atom stereocenters. The number of para-hydroxylation sites is 1. The number of carbonyl (C=O) groups excluding carboxylic acids is 1. The number of nitrogens with zero attached hydrogens (tertiary/aromatic N) is 2. The number of hydrogen-bond donors (Lipinski definition) is 0. The van der Waals surface area contributed by atoms with Crippen molar-refractivity contribution in [2.45, 2.75) is 43.5 Å². The number of benzene rings is 2. The summed E-state index contributed by atoms with van der Waals surface area (Å²) in [5.74, 6) is -0.0877. The van der Waals surface area contributed by atoms with Crippen LogP contribution in [0.25, 0.3) is 0 Å². The molecule has 2 aliphatic rings. The monoisotopic (exact) mass is 384 g/mol. The Bertz CT molecular complexity index is 954. The van der Waals surface area contributed by atoms with E-state index in [1.807, 2.05) is 31.2 Å². The molecule has 4 rings (SSSR count). The minimum atomic E-state index is -3.51. The summed E-state index contributed by atoms with van der Waals surface area (Å²) in [5, 5.41) is 0. The van der Waals surface area contributed by atoms with E-state index in [0.29, 0.717) is 18.7 Å². The van der Waals surface area contributed by atoms with Gasteiger partial charge < -0.3 is 4.90 Å². The van der Waals surface area contributed by atoms with Crippen molar-refractivity contribution < 1.29 is 13.2 Å². The average molecular weight is 385 g/mol. The second kappa shape index (κ2) is 7.09. The molecule has 0 bridgehead atoms. The molecule has 6 heteroatoms. The lowest BCUT2D eigenvalue weighted by Crippen LogP contribution is -2.41. The molecule has 27 heavy (non-hydrogen) atoms. The van der Waals surface area contributed by atoms with E-state index in [1.54, 1.807) is 33.5 Å². The van der Waals surface area contributed by atoms with Crippen molar-refractivity contribution in [1.29, 1.82) is 0 Å². The van der Waals surface area contributed by atoms with Gasteiger partial charge in [0, 0.05) is 30.4 Å². The van der Waals surface area contributed by atoms with Crippen molar-refractivity contribution >= 4 is 21.6 Å². The second-order valence-corrected chi connectivity index (χ2v) is 9.21. The molecule has 0 saturated carbocycles. The Kier molecular flexibility index (Phi) is 4.78. The minimum Gasteiger partial charge on any atom is -0.308 e. The molecule has 2 aromatic carbocycles. The predicted octanol–water partition coefficient (Wildman–Crippen LogP) is 3.45. The van der Waals surface area contributed by atoms with Gasteiger partial charge in [0.25, 0.3) is 5.91 Å². The molecule has 0 radical (unpaired) electrons. The van der Waals surface area contributed by atoms with E-state index in [9.17, 15) is 13.2 Å². The maximum absolute atomic E-state index is 12.9. The molecule has 1 amide bonds. The van der Waals surface area contributed by atoms with Crippen molar-refractivity contribution in [2.75, 3.05) is 18.0 Å². The molecule has 1 saturated heterocycles. The molecule has 0 spiro atoms. The Hall–Kier alpha value is -2.18. The summed E-state index contributed by atoms with van der Waals surface area (Å²) in [6, 6.07) is 14.3. The van der Waals surface area contributed by atoms with E-state index >= 15 is 0 Å². The Balaban J connectivity index is 1.57. The largest absolute Gasteiger partial charge is 0.308 e. The van der Waals surface area contributed by atoms with Gasteiger partial charge in [-0.3, -0.25) is 4.79 Å². The van der Waals surface area contributed by atoms with Crippen LogP contribution in [0.15, 0.2) is 53.4 Å². The zero-order chi connectivity index (χ0) is 19.0. The number of hydrogen-bond acceptors (Lipinski definition) is 3. The number of amides is 1. The fourth-order valence-electron chi connectivity index (χ4n) is 4.04. The molecule has 0 aliphatic carbocycles. The van der Waals surface area contributed by atoms with E-state index in [1.165, 1.54) is 5.56 Å². The van der Waals surface area contributed by atoms with Gasteiger partial charge in [0.15, 0.2) is 0 Å². The van der Waals surface area contributed by atoms with Crippen LogP contribution in [0.5, 0.6) is 0 Å². The maximum Gasteiger partial charge on any atom is 0.258 e. The summed E-state index contributed by atoms with van der Waals surface area (Å²) in [6.07, 6.45) is 3.71. The Morgan fingerprint density at radius 1 is 1.00 bits per heavy atom. The average Bonchev–Trinajstić information content (AvgIpc) is 3.12. The molecule has 1 atom stereocenters. The van der Waals surface area contributed by atoms with Gasteiger partial charge in [-0.1, -0.05) is 24.6 Å². The lowest BCUT2D eigenvalue weighted by molar-refractivity contribution is 0.0989. The van der Waals surface area contributed by atoms with Crippen molar-refractivity contribution in [3.05, 3.63) is 59.7 Å². The van der Waals surface area contributed by atoms with Crippen molar-refractivity contribution in [1.82, 2.24) is 4.31 Å². The molecular formula is C21H24N2O3S. The number of carbonyl (C=O) groups is 1. The third-order valence-corrected chi connectivity index (χ3v) is 7.61. The topological polar surface area (TPSA) is 57.7 Å². The van der Waals surface area contributed by atoms with Gasteiger partial charge in [-0.2, -0.15) is 4.31 Å². The van der Waals surface area contributed by atoms with E-state index in [-0.39, 0.29) is 16.8 Å². The summed E-state index contributed by atoms with van der Waals surface area (Å²) in [5.41, 5.74) is 2.63. The van der Waals surface area contributed by atoms with Gasteiger partial charge >= 0.3 is 0 Å². The lowest BCUT2D eigenvalue weighted by Gasteiger charge is -2.32. The highest BCUT2D eigenvalue weighted by Crippen LogP contribution is 2.30. The number of sulfonamides is 1. The first-order chi connectivity index (χ1) is 13.0. The van der Waals surface area contributed by atoms with Crippen LogP contribution in [0.3, 0.4) is 0 Å². The molecule has 142 valence electrons. The van der Waals surface area contributed by atoms with Crippen LogP contribution < -0.4 is 4.90 Å². The molecule has 0 aromatic heterocycles. The summed E-state index contributed by atoms with van der Waals surface area (Å²) < 4.78 is 27.4. The highest BCUT2D eigenvalue weighted by molar-refractivity contribution is 7.89. The SMILES string of the molecule is CC1CCCCN1S(=O)(=O)c1ccc(C(=O)N2CCc3ccccc32)cc1. The lowest BCUT2D eigenvalue weighted by atomic mass is 10.1. The smallest absolute Gasteiger partial charge is 0.258 e. The van der Waals surface area contributed by atoms with Crippen LogP contribution in [0.2, 0.25) is 0 Å². The van der Waals surface area contributed by atoms with Crippen LogP contribution in [-0.4, -0.2) is 37.8 Å². The molecule has 0 N–H and O–H groups in total. The summed E-state index contributed by atoms with van der Waals surface area (Å²) in [7, 11) is -3.51. The highest BCUT2D eigenvalue weighted by atomic mass is 32.2. The van der Waals surface area contributed by atoms with Gasteiger partial charge in [0.05, 0.1) is 4.90 Å². The maximum atomic E-state index is 12.9. The highest BCUT2D eigenvalue weighted by Gasteiger charge is 2.31. The first kappa shape index (κ1) is 18.2. The zero-order valence-corrected chi connectivity index (χ0v) is 16.3. The summed E-state index contributed by atoms with van der Waals surface area (Å²) in [6.45, 7) is 3.18. The zero-order valence-electron chi connectivity index (χ0n) is 15.5. The van der Waals surface area contributed by atoms with Gasteiger partial charge in [0.2, 0.25) is 10.0 Å².